The summed E-state index contributed by atoms with van der Waals surface area (Å²) >= 11 is 6.02. The lowest BCUT2D eigenvalue weighted by Crippen LogP contribution is -2.58. The van der Waals surface area contributed by atoms with Gasteiger partial charge in [0, 0.05) is 18.8 Å². The van der Waals surface area contributed by atoms with Gasteiger partial charge in [0.15, 0.2) is 0 Å². The zero-order chi connectivity index (χ0) is 21.9. The molecule has 0 unspecified atom stereocenters. The van der Waals surface area contributed by atoms with Gasteiger partial charge in [-0.15, -0.1) is 0 Å². The summed E-state index contributed by atoms with van der Waals surface area (Å²) in [6.07, 6.45) is 0.212. The fourth-order valence-corrected chi connectivity index (χ4v) is 5.06. The van der Waals surface area contributed by atoms with E-state index in [2.05, 4.69) is 10.1 Å². The Kier molecular flexibility index (Phi) is 6.61. The van der Waals surface area contributed by atoms with E-state index in [-0.39, 0.29) is 41.6 Å². The molecule has 0 saturated carbocycles. The van der Waals surface area contributed by atoms with E-state index < -0.39 is 28.1 Å². The number of benzene rings is 2. The minimum absolute atomic E-state index is 0.00625. The smallest absolute Gasteiger partial charge is 0.387 e. The Morgan fingerprint density at radius 1 is 1.13 bits per heavy atom. The number of ether oxygens (including phenoxy) is 1. The van der Waals surface area contributed by atoms with E-state index in [0.717, 1.165) is 0 Å². The highest BCUT2D eigenvalue weighted by atomic mass is 35.5. The lowest BCUT2D eigenvalue weighted by molar-refractivity contribution is -0.122. The molecule has 1 aliphatic rings. The number of sulfonamides is 1. The number of rotatable bonds is 6. The first-order valence-corrected chi connectivity index (χ1v) is 10.8. The van der Waals surface area contributed by atoms with Gasteiger partial charge in [0.25, 0.3) is 0 Å². The van der Waals surface area contributed by atoms with Gasteiger partial charge in [0.05, 0.1) is 10.6 Å². The van der Waals surface area contributed by atoms with Gasteiger partial charge in [0.2, 0.25) is 15.9 Å². The second-order valence-electron chi connectivity index (χ2n) is 6.85. The van der Waals surface area contributed by atoms with E-state index >= 15 is 0 Å². The van der Waals surface area contributed by atoms with Crippen LogP contribution in [0.3, 0.4) is 0 Å². The van der Waals surface area contributed by atoms with Crippen molar-refractivity contribution >= 4 is 33.2 Å². The van der Waals surface area contributed by atoms with Gasteiger partial charge < -0.3 is 15.8 Å². The molecule has 1 saturated heterocycles. The second-order valence-corrected chi connectivity index (χ2v) is 9.16. The van der Waals surface area contributed by atoms with Gasteiger partial charge in [-0.1, -0.05) is 23.7 Å². The molecule has 1 heterocycles. The molecule has 0 aromatic heterocycles. The van der Waals surface area contributed by atoms with Crippen LogP contribution in [0.1, 0.15) is 12.8 Å². The predicted octanol–water partition coefficient (Wildman–Crippen LogP) is 3.06. The number of alkyl halides is 2. The van der Waals surface area contributed by atoms with Crippen LogP contribution in [0.25, 0.3) is 0 Å². The number of carbonyl (C=O) groups is 1. The molecule has 3 N–H and O–H groups in total. The fraction of sp³-hybridized carbons (Fsp3) is 0.316. The Morgan fingerprint density at radius 3 is 2.30 bits per heavy atom. The van der Waals surface area contributed by atoms with Crippen LogP contribution in [-0.2, 0) is 14.8 Å². The van der Waals surface area contributed by atoms with E-state index in [4.69, 9.17) is 17.3 Å². The standard InChI is InChI=1S/C19H20ClF2N3O4S/c20-15-3-1-2-4-16(15)30(27,28)25-11-9-19(23,10-12-25)17(26)24-13-5-7-14(8-6-13)29-18(21)22/h1-8,18H,9-12,23H2,(H,24,26). The number of nitrogens with two attached hydrogens (primary N) is 1. The molecule has 0 bridgehead atoms. The number of nitrogens with one attached hydrogen (secondary N) is 1. The minimum atomic E-state index is -3.80. The summed E-state index contributed by atoms with van der Waals surface area (Å²) in [6.45, 7) is -2.83. The Balaban J connectivity index is 1.64. The van der Waals surface area contributed by atoms with E-state index in [1.807, 2.05) is 0 Å². The predicted molar refractivity (Wildman–Crippen MR) is 108 cm³/mol. The summed E-state index contributed by atoms with van der Waals surface area (Å²) in [5.74, 6) is -0.525. The van der Waals surface area contributed by atoms with E-state index in [1.54, 1.807) is 12.1 Å². The zero-order valence-electron chi connectivity index (χ0n) is 15.7. The first kappa shape index (κ1) is 22.4. The molecule has 0 aliphatic carbocycles. The van der Waals surface area contributed by atoms with Crippen LogP contribution < -0.4 is 15.8 Å². The van der Waals surface area contributed by atoms with Crippen molar-refractivity contribution < 1.29 is 26.7 Å². The summed E-state index contributed by atoms with van der Waals surface area (Å²) < 4.78 is 55.6. The van der Waals surface area contributed by atoms with Crippen molar-refractivity contribution in [3.63, 3.8) is 0 Å². The molecule has 0 radical (unpaired) electrons. The third-order valence-electron chi connectivity index (χ3n) is 4.86. The molecule has 0 spiro atoms. The average Bonchev–Trinajstić information content (AvgIpc) is 2.69. The molecule has 11 heteroatoms. The van der Waals surface area contributed by atoms with Crippen molar-refractivity contribution in [2.24, 2.45) is 5.73 Å². The lowest BCUT2D eigenvalue weighted by Gasteiger charge is -2.37. The average molecular weight is 460 g/mol. The zero-order valence-corrected chi connectivity index (χ0v) is 17.3. The third kappa shape index (κ3) is 4.89. The van der Waals surface area contributed by atoms with Crippen molar-refractivity contribution in [3.8, 4) is 5.75 Å². The van der Waals surface area contributed by atoms with Crippen LogP contribution in [0.15, 0.2) is 53.4 Å². The largest absolute Gasteiger partial charge is 0.435 e. The van der Waals surface area contributed by atoms with Crippen LogP contribution in [0.2, 0.25) is 5.02 Å². The quantitative estimate of drug-likeness (QED) is 0.691. The molecule has 1 amide bonds. The molecule has 3 rings (SSSR count). The summed E-state index contributed by atoms with van der Waals surface area (Å²) in [4.78, 5) is 12.7. The topological polar surface area (TPSA) is 102 Å². The second kappa shape index (κ2) is 8.84. The molecule has 2 aromatic rings. The first-order valence-electron chi connectivity index (χ1n) is 9.02. The highest BCUT2D eigenvalue weighted by Crippen LogP contribution is 2.29. The number of hydrogen-bond acceptors (Lipinski definition) is 5. The normalized spacial score (nSPS) is 17.0. The van der Waals surface area contributed by atoms with Gasteiger partial charge in [-0.2, -0.15) is 13.1 Å². The number of piperidine rings is 1. The van der Waals surface area contributed by atoms with Gasteiger partial charge >= 0.3 is 6.61 Å². The maximum Gasteiger partial charge on any atom is 0.387 e. The number of carbonyl (C=O) groups excluding carboxylic acids is 1. The van der Waals surface area contributed by atoms with Crippen LogP contribution >= 0.6 is 11.6 Å². The number of nitrogens with zero attached hydrogens (tertiary/aromatic N) is 1. The lowest BCUT2D eigenvalue weighted by atomic mass is 9.88. The maximum absolute atomic E-state index is 12.8. The Hall–Kier alpha value is -2.27. The van der Waals surface area contributed by atoms with Crippen molar-refractivity contribution in [1.82, 2.24) is 4.31 Å². The van der Waals surface area contributed by atoms with Crippen LogP contribution in [0, 0.1) is 0 Å². The van der Waals surface area contributed by atoms with Gasteiger partial charge in [-0.05, 0) is 49.2 Å². The number of hydrogen-bond donors (Lipinski definition) is 2. The van der Waals surface area contributed by atoms with E-state index in [0.29, 0.717) is 5.69 Å². The van der Waals surface area contributed by atoms with Crippen molar-refractivity contribution in [2.75, 3.05) is 18.4 Å². The molecular weight excluding hydrogens is 440 g/mol. The molecule has 7 nitrogen and oxygen atoms in total. The van der Waals surface area contributed by atoms with Gasteiger partial charge in [0.1, 0.15) is 10.6 Å². The molecule has 162 valence electrons. The SMILES string of the molecule is NC1(C(=O)Nc2ccc(OC(F)F)cc2)CCN(S(=O)(=O)c2ccccc2Cl)CC1. The first-order chi connectivity index (χ1) is 14.1. The van der Waals surface area contributed by atoms with Crippen LogP contribution in [0.5, 0.6) is 5.75 Å². The summed E-state index contributed by atoms with van der Waals surface area (Å²) in [5, 5.41) is 2.76. The van der Waals surface area contributed by atoms with Gasteiger partial charge in [-0.3, -0.25) is 4.79 Å². The summed E-state index contributed by atoms with van der Waals surface area (Å²) in [5.41, 5.74) is 5.32. The summed E-state index contributed by atoms with van der Waals surface area (Å²) in [7, 11) is -3.80. The Labute approximate surface area is 177 Å². The van der Waals surface area contributed by atoms with Crippen molar-refractivity contribution in [2.45, 2.75) is 29.9 Å². The molecule has 1 fully saturated rings. The summed E-state index contributed by atoms with van der Waals surface area (Å²) in [6, 6.07) is 11.6. The van der Waals surface area contributed by atoms with E-state index in [1.165, 1.54) is 40.7 Å². The minimum Gasteiger partial charge on any atom is -0.435 e. The third-order valence-corrected chi connectivity index (χ3v) is 7.26. The van der Waals surface area contributed by atoms with Gasteiger partial charge in [-0.25, -0.2) is 8.42 Å². The highest BCUT2D eigenvalue weighted by Gasteiger charge is 2.41. The molecule has 30 heavy (non-hydrogen) atoms. The fourth-order valence-electron chi connectivity index (χ4n) is 3.12. The molecule has 0 atom stereocenters. The number of anilines is 1. The number of amides is 1. The highest BCUT2D eigenvalue weighted by molar-refractivity contribution is 7.89. The van der Waals surface area contributed by atoms with Crippen molar-refractivity contribution in [3.05, 3.63) is 53.6 Å². The molecule has 1 aliphatic heterocycles. The Morgan fingerprint density at radius 2 is 1.73 bits per heavy atom. The van der Waals surface area contributed by atoms with Crippen LogP contribution in [0.4, 0.5) is 14.5 Å². The monoisotopic (exact) mass is 459 g/mol. The number of halogens is 3. The van der Waals surface area contributed by atoms with Crippen LogP contribution in [-0.4, -0.2) is 43.9 Å². The van der Waals surface area contributed by atoms with E-state index in [9.17, 15) is 22.0 Å². The van der Waals surface area contributed by atoms with Crippen molar-refractivity contribution in [1.29, 1.82) is 0 Å². The molecular formula is C19H20ClF2N3O4S. The molecule has 2 aromatic carbocycles. The maximum atomic E-state index is 12.8. The Bertz CT molecular complexity index is 1010.